The van der Waals surface area contributed by atoms with Crippen LogP contribution in [-0.4, -0.2) is 157 Å². The Kier molecular flexibility index (Phi) is 25.4. The van der Waals surface area contributed by atoms with Crippen molar-refractivity contribution in [3.8, 4) is 39.0 Å². The van der Waals surface area contributed by atoms with E-state index in [-0.39, 0.29) is 37.4 Å². The molecule has 5 aromatic rings. The molecule has 0 aromatic carbocycles. The molecule has 65 heavy (non-hydrogen) atoms. The first-order valence-corrected chi connectivity index (χ1v) is 25.4. The van der Waals surface area contributed by atoms with E-state index in [4.69, 9.17) is 56.8 Å². The van der Waals surface area contributed by atoms with Gasteiger partial charge in [0, 0.05) is 53.2 Å². The molecule has 19 heteroatoms. The number of thiophene rings is 5. The van der Waals surface area contributed by atoms with Gasteiger partial charge in [0.25, 0.3) is 0 Å². The van der Waals surface area contributed by atoms with Crippen LogP contribution in [-0.2, 0) is 56.8 Å². The van der Waals surface area contributed by atoms with E-state index in [0.717, 1.165) is 29.3 Å². The third-order valence-electron chi connectivity index (χ3n) is 8.91. The largest absolute Gasteiger partial charge is 0.459 e. The van der Waals surface area contributed by atoms with Gasteiger partial charge in [-0.2, -0.15) is 0 Å². The molecule has 0 unspecified atom stereocenters. The van der Waals surface area contributed by atoms with Crippen LogP contribution >= 0.6 is 56.7 Å². The highest BCUT2D eigenvalue weighted by atomic mass is 32.1. The number of hydrogen-bond acceptors (Lipinski definition) is 19. The minimum absolute atomic E-state index is 0.150. The third kappa shape index (κ3) is 19.7. The minimum atomic E-state index is -0.367. The predicted molar refractivity (Wildman–Crippen MR) is 258 cm³/mol. The van der Waals surface area contributed by atoms with Gasteiger partial charge in [0.1, 0.15) is 23.0 Å². The summed E-state index contributed by atoms with van der Waals surface area (Å²) >= 11 is 7.96. The molecule has 14 nitrogen and oxygen atoms in total. The van der Waals surface area contributed by atoms with Crippen LogP contribution in [0.3, 0.4) is 0 Å². The van der Waals surface area contributed by atoms with E-state index in [9.17, 15) is 9.59 Å². The van der Waals surface area contributed by atoms with Gasteiger partial charge in [-0.15, -0.1) is 56.7 Å². The predicted octanol–water partition coefficient (Wildman–Crippen LogP) is 9.18. The quantitative estimate of drug-likeness (QED) is 0.0278. The number of methoxy groups -OCH3 is 2. The molecule has 358 valence electrons. The van der Waals surface area contributed by atoms with Crippen LogP contribution in [0.2, 0.25) is 0 Å². The molecular weight excluding hydrogens is 937 g/mol. The summed E-state index contributed by atoms with van der Waals surface area (Å²) in [5.41, 5.74) is 0. The van der Waals surface area contributed by atoms with Gasteiger partial charge in [-0.25, -0.2) is 9.59 Å². The lowest BCUT2D eigenvalue weighted by atomic mass is 10.3. The summed E-state index contributed by atoms with van der Waals surface area (Å²) in [6, 6.07) is 20.3. The second-order valence-corrected chi connectivity index (χ2v) is 19.5. The molecule has 0 fully saturated rings. The Morgan fingerprint density at radius 3 is 0.908 bits per heavy atom. The first-order chi connectivity index (χ1) is 31.8. The fourth-order valence-electron chi connectivity index (χ4n) is 5.58. The summed E-state index contributed by atoms with van der Waals surface area (Å²) in [4.78, 5) is 35.6. The van der Waals surface area contributed by atoms with E-state index >= 15 is 0 Å². The molecule has 5 rings (SSSR count). The maximum absolute atomic E-state index is 12.8. The normalized spacial score (nSPS) is 12.5. The molecule has 0 bridgehead atoms. The highest BCUT2D eigenvalue weighted by molar-refractivity contribution is 7.30. The van der Waals surface area contributed by atoms with Crippen LogP contribution < -0.4 is 0 Å². The third-order valence-corrected chi connectivity index (χ3v) is 15.1. The molecule has 0 saturated carbocycles. The van der Waals surface area contributed by atoms with Crippen LogP contribution in [0.4, 0.5) is 0 Å². The van der Waals surface area contributed by atoms with Gasteiger partial charge in [0.2, 0.25) is 0 Å². The Labute approximate surface area is 401 Å². The van der Waals surface area contributed by atoms with Crippen molar-refractivity contribution in [3.63, 3.8) is 0 Å². The standard InChI is InChI=1S/C46H60O14S5/c1-33(57-29-27-55-25-23-53-21-19-51-17-15-49-3)31-59-45(47)43-13-11-41(64-43)39-9-7-37(62-39)35-5-6-36(61-35)38-8-10-40(63-38)42-12-14-44(65-42)46(48)60-32-34(2)58-30-28-56-26-24-54-22-20-52-18-16-50-4/h5-14,33-34H,15-32H2,1-4H3/t33-,34-/m0/s1. The van der Waals surface area contributed by atoms with E-state index in [1.165, 1.54) is 32.4 Å². The van der Waals surface area contributed by atoms with Gasteiger partial charge in [-0.3, -0.25) is 0 Å². The SMILES string of the molecule is COCCOCCOCCOCCO[C@@H](C)COC(=O)c1ccc(-c2ccc(-c3ccc(-c4ccc(-c5ccc(C(=O)OC[C@H](C)OCCOCCOCCOCCOC)s5)s4)s3)s2)s1. The van der Waals surface area contributed by atoms with Crippen molar-refractivity contribution < 1.29 is 66.4 Å². The van der Waals surface area contributed by atoms with Crippen molar-refractivity contribution in [2.24, 2.45) is 0 Å². The van der Waals surface area contributed by atoms with Crippen LogP contribution in [0.1, 0.15) is 33.2 Å². The lowest BCUT2D eigenvalue weighted by molar-refractivity contribution is -0.0336. The molecule has 0 spiro atoms. The average molecular weight is 997 g/mol. The second-order valence-electron chi connectivity index (χ2n) is 14.0. The Hall–Kier alpha value is -2.96. The van der Waals surface area contributed by atoms with Crippen LogP contribution in [0.25, 0.3) is 39.0 Å². The zero-order valence-corrected chi connectivity index (χ0v) is 41.5. The molecule has 5 heterocycles. The molecule has 0 N–H and O–H groups in total. The van der Waals surface area contributed by atoms with Gasteiger partial charge in [0.05, 0.1) is 118 Å². The summed E-state index contributed by atoms with van der Waals surface area (Å²) in [7, 11) is 3.28. The van der Waals surface area contributed by atoms with E-state index in [0.29, 0.717) is 115 Å². The smallest absolute Gasteiger partial charge is 0.348 e. The number of hydrogen-bond donors (Lipinski definition) is 0. The van der Waals surface area contributed by atoms with Crippen molar-refractivity contribution in [2.45, 2.75) is 26.1 Å². The number of rotatable bonds is 36. The Morgan fingerprint density at radius 2 is 0.615 bits per heavy atom. The zero-order valence-electron chi connectivity index (χ0n) is 37.4. The molecule has 0 saturated heterocycles. The maximum Gasteiger partial charge on any atom is 0.348 e. The molecule has 0 aliphatic rings. The van der Waals surface area contributed by atoms with Gasteiger partial charge >= 0.3 is 11.9 Å². The molecule has 0 aliphatic heterocycles. The molecule has 0 amide bonds. The summed E-state index contributed by atoms with van der Waals surface area (Å²) in [6.07, 6.45) is -0.532. The lowest BCUT2D eigenvalue weighted by Crippen LogP contribution is -2.21. The molecule has 0 radical (unpaired) electrons. The van der Waals surface area contributed by atoms with Crippen molar-refractivity contribution >= 4 is 68.6 Å². The fourth-order valence-corrected chi connectivity index (χ4v) is 10.8. The lowest BCUT2D eigenvalue weighted by Gasteiger charge is -2.13. The summed E-state index contributed by atoms with van der Waals surface area (Å²) in [5, 5.41) is 0. The monoisotopic (exact) mass is 996 g/mol. The van der Waals surface area contributed by atoms with E-state index in [2.05, 4.69) is 36.4 Å². The van der Waals surface area contributed by atoms with Gasteiger partial charge in [-0.05, 0) is 74.5 Å². The molecule has 0 aliphatic carbocycles. The first kappa shape index (κ1) is 53.0. The van der Waals surface area contributed by atoms with Gasteiger partial charge < -0.3 is 56.8 Å². The average Bonchev–Trinajstić information content (AvgIpc) is 4.17. The topological polar surface area (TPSA) is 145 Å². The Balaban J connectivity index is 0.966. The minimum Gasteiger partial charge on any atom is -0.459 e. The van der Waals surface area contributed by atoms with Crippen molar-refractivity contribution in [1.29, 1.82) is 0 Å². The number of carbonyl (C=O) groups excluding carboxylic acids is 2. The van der Waals surface area contributed by atoms with Crippen molar-refractivity contribution in [3.05, 3.63) is 70.4 Å². The highest BCUT2D eigenvalue weighted by Crippen LogP contribution is 2.44. The maximum atomic E-state index is 12.8. The Bertz CT molecular complexity index is 1910. The summed E-state index contributed by atoms with van der Waals surface area (Å²) in [6.45, 7) is 11.8. The number of esters is 2. The van der Waals surface area contributed by atoms with Gasteiger partial charge in [-0.1, -0.05) is 0 Å². The number of ether oxygens (including phenoxy) is 12. The van der Waals surface area contributed by atoms with Crippen molar-refractivity contribution in [2.75, 3.05) is 133 Å². The van der Waals surface area contributed by atoms with Crippen LogP contribution in [0.5, 0.6) is 0 Å². The molecule has 5 aromatic heterocycles. The van der Waals surface area contributed by atoms with Crippen LogP contribution in [0, 0.1) is 0 Å². The Morgan fingerprint density at radius 1 is 0.369 bits per heavy atom. The first-order valence-electron chi connectivity index (χ1n) is 21.4. The van der Waals surface area contributed by atoms with Crippen molar-refractivity contribution in [1.82, 2.24) is 0 Å². The van der Waals surface area contributed by atoms with Crippen LogP contribution in [0.15, 0.2) is 60.7 Å². The van der Waals surface area contributed by atoms with E-state index < -0.39 is 0 Å². The second kappa shape index (κ2) is 31.2. The molecular formula is C46H60O14S5. The van der Waals surface area contributed by atoms with Gasteiger partial charge in [0.15, 0.2) is 0 Å². The molecule has 2 atom stereocenters. The van der Waals surface area contributed by atoms with E-state index in [1.54, 1.807) is 48.2 Å². The highest BCUT2D eigenvalue weighted by Gasteiger charge is 2.18. The number of carbonyl (C=O) groups is 2. The fraction of sp³-hybridized carbons (Fsp3) is 0.522. The van der Waals surface area contributed by atoms with E-state index in [1.807, 2.05) is 38.1 Å². The summed E-state index contributed by atoms with van der Waals surface area (Å²) < 4.78 is 65.1. The zero-order chi connectivity index (χ0) is 45.9. The summed E-state index contributed by atoms with van der Waals surface area (Å²) in [5.74, 6) is -0.733.